The molecule has 0 aromatic heterocycles. The molecule has 3 aromatic rings. The van der Waals surface area contributed by atoms with Crippen molar-refractivity contribution in [3.05, 3.63) is 77.8 Å². The molecule has 0 spiro atoms. The topological polar surface area (TPSA) is 24.1 Å². The molecule has 0 atom stereocenters. The number of allylic oxidation sites excluding steroid dienone is 1. The summed E-state index contributed by atoms with van der Waals surface area (Å²) >= 11 is -2.40. The molecule has 184 valence electrons. The van der Waals surface area contributed by atoms with Gasteiger partial charge in [0.15, 0.2) is 0 Å². The Balaban J connectivity index is 1.73. The summed E-state index contributed by atoms with van der Waals surface area (Å²) in [6.07, 6.45) is 10.7. The molecule has 4 rings (SSSR count). The standard InChI is InChI=1S/C19H16BN2.3C4H9.Sn/c1-14(13-15-7-3-2-4-8-15)20-21-17-11-5-9-16-10-6-12-18(22-20)19(16)17;3*1-3-4-2;/h2-13,21-22H,1H2;3*1,3-4H2,2H3;/b14-13+;;;;. The number of rotatable bonds is 13. The van der Waals surface area contributed by atoms with Crippen LogP contribution in [0.4, 0.5) is 11.4 Å². The molecule has 1 aliphatic rings. The first kappa shape index (κ1) is 26.2. The zero-order valence-electron chi connectivity index (χ0n) is 22.1. The predicted octanol–water partition coefficient (Wildman–Crippen LogP) is 9.64. The van der Waals surface area contributed by atoms with Crippen LogP contribution >= 0.6 is 0 Å². The second-order valence-corrected chi connectivity index (χ2v) is 24.4. The van der Waals surface area contributed by atoms with Crippen molar-refractivity contribution in [2.24, 2.45) is 0 Å². The third kappa shape index (κ3) is 6.67. The first-order valence-electron chi connectivity index (χ1n) is 14.0. The van der Waals surface area contributed by atoms with E-state index in [-0.39, 0.29) is 6.98 Å². The average Bonchev–Trinajstić information content (AvgIpc) is 2.90. The van der Waals surface area contributed by atoms with Crippen molar-refractivity contribution in [2.45, 2.75) is 77.0 Å². The zero-order valence-corrected chi connectivity index (χ0v) is 24.9. The molecule has 2 nitrogen and oxygen atoms in total. The van der Waals surface area contributed by atoms with Crippen LogP contribution in [0.1, 0.15) is 64.9 Å². The first-order valence-corrected chi connectivity index (χ1v) is 22.1. The number of hydrogen-bond donors (Lipinski definition) is 2. The summed E-state index contributed by atoms with van der Waals surface area (Å²) in [6, 6.07) is 24.3. The van der Waals surface area contributed by atoms with Gasteiger partial charge in [0.25, 0.3) is 0 Å². The fourth-order valence-electron chi connectivity index (χ4n) is 5.84. The van der Waals surface area contributed by atoms with E-state index >= 15 is 0 Å². The molecule has 2 N–H and O–H groups in total. The molecule has 4 heteroatoms. The van der Waals surface area contributed by atoms with E-state index < -0.39 is 18.4 Å². The summed E-state index contributed by atoms with van der Waals surface area (Å²) in [5.41, 5.74) is 5.42. The normalized spacial score (nSPS) is 13.6. The Morgan fingerprint density at radius 2 is 1.26 bits per heavy atom. The van der Waals surface area contributed by atoms with Gasteiger partial charge in [-0.15, -0.1) is 0 Å². The van der Waals surface area contributed by atoms with Crippen LogP contribution in [0.5, 0.6) is 0 Å². The van der Waals surface area contributed by atoms with Crippen molar-refractivity contribution in [2.75, 3.05) is 10.5 Å². The first-order chi connectivity index (χ1) is 17.2. The van der Waals surface area contributed by atoms with E-state index in [4.69, 9.17) is 0 Å². The van der Waals surface area contributed by atoms with Gasteiger partial charge in [0, 0.05) is 0 Å². The maximum atomic E-state index is 3.93. The van der Waals surface area contributed by atoms with Gasteiger partial charge in [0.05, 0.1) is 0 Å². The van der Waals surface area contributed by atoms with E-state index in [0.717, 1.165) is 0 Å². The number of nitrogens with one attached hydrogen (secondary N) is 2. The fourth-order valence-corrected chi connectivity index (χ4v) is 22.3. The molecule has 0 saturated heterocycles. The van der Waals surface area contributed by atoms with E-state index in [2.05, 4.69) is 104 Å². The van der Waals surface area contributed by atoms with Crippen LogP contribution in [0.15, 0.2) is 72.2 Å². The van der Waals surface area contributed by atoms with Crippen molar-refractivity contribution in [3.63, 3.8) is 0 Å². The van der Waals surface area contributed by atoms with E-state index in [0.29, 0.717) is 0 Å². The molecule has 0 unspecified atom stereocenters. The third-order valence-corrected chi connectivity index (χ3v) is 23.2. The van der Waals surface area contributed by atoms with Crippen LogP contribution in [0.2, 0.25) is 17.7 Å². The monoisotopic (exact) mass is 574 g/mol. The van der Waals surface area contributed by atoms with Gasteiger partial charge in [0.2, 0.25) is 0 Å². The number of hydrogen-bond acceptors (Lipinski definition) is 2. The van der Waals surface area contributed by atoms with Gasteiger partial charge >= 0.3 is 219 Å². The van der Waals surface area contributed by atoms with Crippen molar-refractivity contribution in [1.29, 1.82) is 0 Å². The minimum absolute atomic E-state index is 0.150. The Morgan fingerprint density at radius 1 is 0.714 bits per heavy atom. The van der Waals surface area contributed by atoms with Crippen LogP contribution in [0, 0.1) is 0 Å². The molecule has 35 heavy (non-hydrogen) atoms. The van der Waals surface area contributed by atoms with Crippen molar-refractivity contribution >= 4 is 53.6 Å². The molecule has 1 heterocycles. The molecule has 1 aliphatic heterocycles. The Kier molecular flexibility index (Phi) is 9.65. The molecule has 0 amide bonds. The average molecular weight is 573 g/mol. The number of benzene rings is 3. The van der Waals surface area contributed by atoms with Crippen LogP contribution < -0.4 is 10.5 Å². The fraction of sp³-hybridized carbons (Fsp3) is 0.419. The van der Waals surface area contributed by atoms with Crippen LogP contribution in [-0.2, 0) is 0 Å². The van der Waals surface area contributed by atoms with Crippen LogP contribution in [0.3, 0.4) is 0 Å². The van der Waals surface area contributed by atoms with Gasteiger partial charge < -0.3 is 0 Å². The van der Waals surface area contributed by atoms with E-state index in [9.17, 15) is 0 Å². The summed E-state index contributed by atoms with van der Waals surface area (Å²) in [5, 5.41) is 10.5. The molecule has 0 bridgehead atoms. The maximum absolute atomic E-state index is 3.93. The Labute approximate surface area is 218 Å². The molecule has 0 saturated carbocycles. The Bertz CT molecular complexity index is 1050. The summed E-state index contributed by atoms with van der Waals surface area (Å²) in [6.45, 7) is 7.27. The van der Waals surface area contributed by atoms with Gasteiger partial charge in [-0.2, -0.15) is 0 Å². The van der Waals surface area contributed by atoms with Gasteiger partial charge in [-0.1, -0.05) is 0 Å². The zero-order chi connectivity index (χ0) is 24.5. The summed E-state index contributed by atoms with van der Waals surface area (Å²) < 4.78 is 5.97. The van der Waals surface area contributed by atoms with Gasteiger partial charge in [0.1, 0.15) is 0 Å². The van der Waals surface area contributed by atoms with Gasteiger partial charge in [-0.05, 0) is 0 Å². The molecule has 0 fully saturated rings. The SMILES string of the molecule is CCC[CH2][Sn]([CH2]CCC)([CH2]CCC)[CH2]/C(=C\c1ccccc1)B1Nc2cccc3cccc(c23)N1. The Hall–Kier alpha value is -1.88. The summed E-state index contributed by atoms with van der Waals surface area (Å²) in [5.74, 6) is 0. The predicted molar refractivity (Wildman–Crippen MR) is 161 cm³/mol. The van der Waals surface area contributed by atoms with Crippen molar-refractivity contribution < 1.29 is 0 Å². The van der Waals surface area contributed by atoms with E-state index in [1.165, 1.54) is 84.0 Å². The second kappa shape index (κ2) is 12.9. The summed E-state index contributed by atoms with van der Waals surface area (Å²) in [4.78, 5) is 0. The van der Waals surface area contributed by atoms with Crippen LogP contribution in [0.25, 0.3) is 16.8 Å². The molecule has 0 aliphatic carbocycles. The van der Waals surface area contributed by atoms with Gasteiger partial charge in [-0.25, -0.2) is 0 Å². The quantitative estimate of drug-likeness (QED) is 0.199. The molecule has 3 aromatic carbocycles. The Morgan fingerprint density at radius 3 is 1.77 bits per heavy atom. The van der Waals surface area contributed by atoms with Gasteiger partial charge in [-0.3, -0.25) is 0 Å². The summed E-state index contributed by atoms with van der Waals surface area (Å²) in [7, 11) is 0. The minimum atomic E-state index is -2.40. The number of anilines is 2. The van der Waals surface area contributed by atoms with Crippen molar-refractivity contribution in [1.82, 2.24) is 0 Å². The van der Waals surface area contributed by atoms with E-state index in [1.54, 1.807) is 5.47 Å². The second-order valence-electron chi connectivity index (χ2n) is 10.5. The van der Waals surface area contributed by atoms with Crippen LogP contribution in [-0.4, -0.2) is 25.4 Å². The molecular formula is C31H43BN2Sn. The molecule has 0 radical (unpaired) electrons. The molecular weight excluding hydrogens is 530 g/mol. The third-order valence-electron chi connectivity index (χ3n) is 7.79. The van der Waals surface area contributed by atoms with E-state index in [1.807, 2.05) is 0 Å². The van der Waals surface area contributed by atoms with Crippen molar-refractivity contribution in [3.8, 4) is 0 Å². The number of unbranched alkanes of at least 4 members (excludes halogenated alkanes) is 3.